The minimum absolute atomic E-state index is 0.122. The third-order valence-corrected chi connectivity index (χ3v) is 3.40. The standard InChI is InChI=1S/C17H16N2O2/c1-21-11-12-5-2-3-7-15(12)19-17(20)14-6-4-8-16-13(14)9-10-18-16/h2-10,18H,11H2,1H3,(H,19,20). The molecule has 0 bridgehead atoms. The Bertz CT molecular complexity index is 777. The maximum atomic E-state index is 12.5. The number of fused-ring (bicyclic) bond motifs is 1. The topological polar surface area (TPSA) is 54.1 Å². The number of carbonyl (C=O) groups excluding carboxylic acids is 1. The lowest BCUT2D eigenvalue weighted by atomic mass is 10.1. The zero-order chi connectivity index (χ0) is 14.7. The van der Waals surface area contributed by atoms with Crippen LogP contribution in [0.2, 0.25) is 0 Å². The minimum Gasteiger partial charge on any atom is -0.380 e. The van der Waals surface area contributed by atoms with Crippen LogP contribution in [0.5, 0.6) is 0 Å². The summed E-state index contributed by atoms with van der Waals surface area (Å²) in [5.41, 5.74) is 3.33. The van der Waals surface area contributed by atoms with Crippen molar-refractivity contribution in [1.82, 2.24) is 4.98 Å². The van der Waals surface area contributed by atoms with Gasteiger partial charge in [0.1, 0.15) is 0 Å². The van der Waals surface area contributed by atoms with E-state index in [9.17, 15) is 4.79 Å². The summed E-state index contributed by atoms with van der Waals surface area (Å²) in [5, 5.41) is 3.88. The van der Waals surface area contributed by atoms with Crippen molar-refractivity contribution in [1.29, 1.82) is 0 Å². The van der Waals surface area contributed by atoms with Crippen molar-refractivity contribution in [2.75, 3.05) is 12.4 Å². The molecule has 0 radical (unpaired) electrons. The van der Waals surface area contributed by atoms with Gasteiger partial charge in [-0.15, -0.1) is 0 Å². The highest BCUT2D eigenvalue weighted by molar-refractivity contribution is 6.12. The third-order valence-electron chi connectivity index (χ3n) is 3.40. The SMILES string of the molecule is COCc1ccccc1NC(=O)c1cccc2[nH]ccc12. The minimum atomic E-state index is -0.122. The van der Waals surface area contributed by atoms with Gasteiger partial charge in [-0.1, -0.05) is 24.3 Å². The predicted molar refractivity (Wildman–Crippen MR) is 83.4 cm³/mol. The van der Waals surface area contributed by atoms with E-state index in [0.717, 1.165) is 22.2 Å². The zero-order valence-corrected chi connectivity index (χ0v) is 11.7. The van der Waals surface area contributed by atoms with Crippen LogP contribution < -0.4 is 5.32 Å². The molecule has 0 fully saturated rings. The number of rotatable bonds is 4. The lowest BCUT2D eigenvalue weighted by Gasteiger charge is -2.11. The lowest BCUT2D eigenvalue weighted by molar-refractivity contribution is 0.102. The van der Waals surface area contributed by atoms with E-state index in [1.165, 1.54) is 0 Å². The summed E-state index contributed by atoms with van der Waals surface area (Å²) in [6.07, 6.45) is 1.83. The number of carbonyl (C=O) groups is 1. The van der Waals surface area contributed by atoms with Gasteiger partial charge in [0.25, 0.3) is 5.91 Å². The summed E-state index contributed by atoms with van der Waals surface area (Å²) in [6, 6.07) is 15.2. The maximum absolute atomic E-state index is 12.5. The molecule has 0 aliphatic heterocycles. The van der Waals surface area contributed by atoms with Gasteiger partial charge in [0.05, 0.1) is 6.61 Å². The van der Waals surface area contributed by atoms with Crippen LogP contribution in [-0.2, 0) is 11.3 Å². The van der Waals surface area contributed by atoms with Crippen LogP contribution in [0.15, 0.2) is 54.7 Å². The number of benzene rings is 2. The van der Waals surface area contributed by atoms with Gasteiger partial charge >= 0.3 is 0 Å². The molecule has 21 heavy (non-hydrogen) atoms. The summed E-state index contributed by atoms with van der Waals surface area (Å²) in [5.74, 6) is -0.122. The number of aromatic nitrogens is 1. The van der Waals surface area contributed by atoms with Crippen LogP contribution in [0, 0.1) is 0 Å². The number of para-hydroxylation sites is 1. The molecule has 0 spiro atoms. The van der Waals surface area contributed by atoms with E-state index in [1.807, 2.05) is 54.7 Å². The Morgan fingerprint density at radius 1 is 1.14 bits per heavy atom. The highest BCUT2D eigenvalue weighted by Gasteiger charge is 2.12. The average Bonchev–Trinajstić information content (AvgIpc) is 2.97. The van der Waals surface area contributed by atoms with Crippen molar-refractivity contribution < 1.29 is 9.53 Å². The molecule has 1 heterocycles. The maximum Gasteiger partial charge on any atom is 0.256 e. The van der Waals surface area contributed by atoms with Crippen LogP contribution in [0.25, 0.3) is 10.9 Å². The predicted octanol–water partition coefficient (Wildman–Crippen LogP) is 3.57. The fourth-order valence-corrected chi connectivity index (χ4v) is 2.40. The molecule has 0 saturated carbocycles. The average molecular weight is 280 g/mol. The van der Waals surface area contributed by atoms with Gasteiger partial charge in [-0.25, -0.2) is 0 Å². The molecular weight excluding hydrogens is 264 g/mol. The largest absolute Gasteiger partial charge is 0.380 e. The fourth-order valence-electron chi connectivity index (χ4n) is 2.40. The molecule has 0 atom stereocenters. The number of nitrogens with one attached hydrogen (secondary N) is 2. The first-order chi connectivity index (χ1) is 10.3. The molecule has 1 aromatic heterocycles. The lowest BCUT2D eigenvalue weighted by Crippen LogP contribution is -2.13. The van der Waals surface area contributed by atoms with Gasteiger partial charge in [-0.05, 0) is 24.3 Å². The summed E-state index contributed by atoms with van der Waals surface area (Å²) in [4.78, 5) is 15.6. The van der Waals surface area contributed by atoms with Crippen molar-refractivity contribution in [2.45, 2.75) is 6.61 Å². The highest BCUT2D eigenvalue weighted by Crippen LogP contribution is 2.21. The number of methoxy groups -OCH3 is 1. The number of aromatic amines is 1. The van der Waals surface area contributed by atoms with Gasteiger partial charge in [0.15, 0.2) is 0 Å². The number of hydrogen-bond donors (Lipinski definition) is 2. The second-order valence-corrected chi connectivity index (χ2v) is 4.79. The van der Waals surface area contributed by atoms with Crippen molar-refractivity contribution in [3.8, 4) is 0 Å². The Morgan fingerprint density at radius 3 is 2.86 bits per heavy atom. The molecule has 106 valence electrons. The van der Waals surface area contributed by atoms with E-state index >= 15 is 0 Å². The van der Waals surface area contributed by atoms with Crippen molar-refractivity contribution in [3.63, 3.8) is 0 Å². The normalized spacial score (nSPS) is 10.7. The van der Waals surface area contributed by atoms with Crippen molar-refractivity contribution in [3.05, 3.63) is 65.9 Å². The molecule has 0 aliphatic carbocycles. The molecule has 0 saturated heterocycles. The number of anilines is 1. The molecular formula is C17H16N2O2. The van der Waals surface area contributed by atoms with Crippen LogP contribution in [-0.4, -0.2) is 18.0 Å². The van der Waals surface area contributed by atoms with E-state index in [4.69, 9.17) is 4.74 Å². The van der Waals surface area contributed by atoms with E-state index < -0.39 is 0 Å². The van der Waals surface area contributed by atoms with Crippen LogP contribution >= 0.6 is 0 Å². The number of amides is 1. The number of ether oxygens (including phenoxy) is 1. The quantitative estimate of drug-likeness (QED) is 0.767. The fraction of sp³-hybridized carbons (Fsp3) is 0.118. The Morgan fingerprint density at radius 2 is 2.00 bits per heavy atom. The second-order valence-electron chi connectivity index (χ2n) is 4.79. The van der Waals surface area contributed by atoms with E-state index in [1.54, 1.807) is 7.11 Å². The zero-order valence-electron chi connectivity index (χ0n) is 11.7. The Kier molecular flexibility index (Phi) is 3.71. The van der Waals surface area contributed by atoms with Crippen LogP contribution in [0.4, 0.5) is 5.69 Å². The molecule has 4 heteroatoms. The second kappa shape index (κ2) is 5.81. The summed E-state index contributed by atoms with van der Waals surface area (Å²) < 4.78 is 5.16. The van der Waals surface area contributed by atoms with Gasteiger partial charge in [-0.3, -0.25) is 4.79 Å². The van der Waals surface area contributed by atoms with Crippen molar-refractivity contribution >= 4 is 22.5 Å². The first-order valence-corrected chi connectivity index (χ1v) is 6.74. The molecule has 0 unspecified atom stereocenters. The Labute approximate surface area is 122 Å². The van der Waals surface area contributed by atoms with Gasteiger partial charge in [0, 0.05) is 41.0 Å². The molecule has 3 aromatic rings. The monoisotopic (exact) mass is 280 g/mol. The van der Waals surface area contributed by atoms with E-state index in [2.05, 4.69) is 10.3 Å². The van der Waals surface area contributed by atoms with E-state index in [0.29, 0.717) is 12.2 Å². The molecule has 4 nitrogen and oxygen atoms in total. The van der Waals surface area contributed by atoms with Crippen molar-refractivity contribution in [2.24, 2.45) is 0 Å². The molecule has 0 aliphatic rings. The molecule has 2 N–H and O–H groups in total. The third kappa shape index (κ3) is 2.66. The Balaban J connectivity index is 1.92. The Hall–Kier alpha value is -2.59. The van der Waals surface area contributed by atoms with Gasteiger partial charge in [-0.2, -0.15) is 0 Å². The van der Waals surface area contributed by atoms with Gasteiger partial charge < -0.3 is 15.0 Å². The highest BCUT2D eigenvalue weighted by atomic mass is 16.5. The number of H-pyrrole nitrogens is 1. The molecule has 3 rings (SSSR count). The van der Waals surface area contributed by atoms with E-state index in [-0.39, 0.29) is 5.91 Å². The first-order valence-electron chi connectivity index (χ1n) is 6.74. The molecule has 2 aromatic carbocycles. The van der Waals surface area contributed by atoms with Crippen LogP contribution in [0.1, 0.15) is 15.9 Å². The smallest absolute Gasteiger partial charge is 0.256 e. The summed E-state index contributed by atoms with van der Waals surface area (Å²) in [6.45, 7) is 0.463. The summed E-state index contributed by atoms with van der Waals surface area (Å²) >= 11 is 0. The summed E-state index contributed by atoms with van der Waals surface area (Å²) in [7, 11) is 1.64. The molecule has 1 amide bonds. The van der Waals surface area contributed by atoms with Gasteiger partial charge in [0.2, 0.25) is 0 Å². The van der Waals surface area contributed by atoms with Crippen LogP contribution in [0.3, 0.4) is 0 Å². The first kappa shape index (κ1) is 13.4. The number of hydrogen-bond acceptors (Lipinski definition) is 2.